The van der Waals surface area contributed by atoms with E-state index < -0.39 is 11.2 Å². The van der Waals surface area contributed by atoms with Gasteiger partial charge in [-0.05, 0) is 38.3 Å². The number of hydrogen-bond donors (Lipinski definition) is 0. The highest BCUT2D eigenvalue weighted by atomic mass is 16.6. The Kier molecular flexibility index (Phi) is 5.90. The third-order valence-electron chi connectivity index (χ3n) is 6.52. The summed E-state index contributed by atoms with van der Waals surface area (Å²) < 4.78 is 23.0. The monoisotopic (exact) mass is 468 g/mol. The fourth-order valence-electron chi connectivity index (χ4n) is 4.90. The molecule has 182 valence electrons. The highest BCUT2D eigenvalue weighted by Gasteiger charge is 2.53. The van der Waals surface area contributed by atoms with Gasteiger partial charge in [-0.1, -0.05) is 24.3 Å². The Morgan fingerprint density at radius 1 is 1.21 bits per heavy atom. The number of carbonyl (C=O) groups excluding carboxylic acids is 1. The number of likely N-dealkylation sites (tertiary alicyclic amines) is 1. The highest BCUT2D eigenvalue weighted by molar-refractivity contribution is 5.69. The number of fused-ring (bicyclic) bond motifs is 1. The SMILES string of the molecule is CC(C)(C)OC(=O)N1CC2(CC(Oc3coc(CN4CCc5ccccc5C4)cc3=O)CO2)C1. The third-order valence-corrected chi connectivity index (χ3v) is 6.52. The average molecular weight is 469 g/mol. The molecular formula is C26H32N2O6. The molecule has 2 fully saturated rings. The molecular weight excluding hydrogens is 436 g/mol. The summed E-state index contributed by atoms with van der Waals surface area (Å²) in [5, 5.41) is 0. The maximum atomic E-state index is 12.7. The lowest BCUT2D eigenvalue weighted by atomic mass is 9.90. The van der Waals surface area contributed by atoms with E-state index in [4.69, 9.17) is 18.6 Å². The average Bonchev–Trinajstić information content (AvgIpc) is 3.18. The topological polar surface area (TPSA) is 81.5 Å². The zero-order chi connectivity index (χ0) is 23.9. The predicted molar refractivity (Wildman–Crippen MR) is 125 cm³/mol. The summed E-state index contributed by atoms with van der Waals surface area (Å²) in [5.41, 5.74) is 1.57. The van der Waals surface area contributed by atoms with Gasteiger partial charge in [-0.25, -0.2) is 4.79 Å². The van der Waals surface area contributed by atoms with Gasteiger partial charge in [0.1, 0.15) is 29.3 Å². The molecule has 0 radical (unpaired) electrons. The molecule has 3 aliphatic rings. The Hall–Kier alpha value is -2.84. The standard InChI is InChI=1S/C26H32N2O6/c1-25(2,3)34-24(30)28-16-26(17-28)11-21(14-32-26)33-23-15-31-20(10-22(23)29)13-27-9-8-18-6-4-5-7-19(18)12-27/h4-7,10,15,21H,8-9,11-14,16-17H2,1-3H3. The van der Waals surface area contributed by atoms with Crippen molar-refractivity contribution in [1.82, 2.24) is 9.80 Å². The number of hydrogen-bond acceptors (Lipinski definition) is 7. The van der Waals surface area contributed by atoms with Gasteiger partial charge >= 0.3 is 6.09 Å². The molecule has 0 bridgehead atoms. The first-order valence-corrected chi connectivity index (χ1v) is 11.9. The Labute approximate surface area is 199 Å². The summed E-state index contributed by atoms with van der Waals surface area (Å²) >= 11 is 0. The Morgan fingerprint density at radius 2 is 1.97 bits per heavy atom. The fraction of sp³-hybridized carbons (Fsp3) is 0.538. The first-order chi connectivity index (χ1) is 16.2. The molecule has 8 heteroatoms. The van der Waals surface area contributed by atoms with Crippen LogP contribution in [0.4, 0.5) is 4.79 Å². The van der Waals surface area contributed by atoms with Crippen molar-refractivity contribution in [3.8, 4) is 5.75 Å². The van der Waals surface area contributed by atoms with Crippen molar-refractivity contribution in [2.45, 2.75) is 64.0 Å². The Balaban J connectivity index is 1.13. The molecule has 1 atom stereocenters. The number of amides is 1. The van der Waals surface area contributed by atoms with Crippen molar-refractivity contribution in [2.24, 2.45) is 0 Å². The molecule has 0 saturated carbocycles. The lowest BCUT2D eigenvalue weighted by Gasteiger charge is -2.46. The first kappa shape index (κ1) is 22.9. The van der Waals surface area contributed by atoms with E-state index >= 15 is 0 Å². The zero-order valence-corrected chi connectivity index (χ0v) is 20.0. The van der Waals surface area contributed by atoms with Crippen LogP contribution in [-0.4, -0.2) is 59.4 Å². The molecule has 0 aliphatic carbocycles. The molecule has 34 heavy (non-hydrogen) atoms. The molecule has 1 spiro atoms. The van der Waals surface area contributed by atoms with Gasteiger partial charge in [-0.2, -0.15) is 0 Å². The van der Waals surface area contributed by atoms with Crippen molar-refractivity contribution in [1.29, 1.82) is 0 Å². The van der Waals surface area contributed by atoms with Gasteiger partial charge in [0.05, 0.1) is 26.2 Å². The van der Waals surface area contributed by atoms with E-state index in [0.29, 0.717) is 38.4 Å². The minimum Gasteiger partial charge on any atom is -0.481 e. The van der Waals surface area contributed by atoms with E-state index in [1.165, 1.54) is 23.5 Å². The Morgan fingerprint density at radius 3 is 2.71 bits per heavy atom. The van der Waals surface area contributed by atoms with Crippen molar-refractivity contribution >= 4 is 6.09 Å². The second kappa shape index (κ2) is 8.74. The van der Waals surface area contributed by atoms with Gasteiger partial charge in [0.2, 0.25) is 11.2 Å². The molecule has 2 aromatic rings. The van der Waals surface area contributed by atoms with Gasteiger partial charge in [0, 0.05) is 25.6 Å². The molecule has 1 aromatic carbocycles. The molecule has 5 rings (SSSR count). The van der Waals surface area contributed by atoms with E-state index in [2.05, 4.69) is 29.2 Å². The van der Waals surface area contributed by atoms with Gasteiger partial charge in [-0.3, -0.25) is 9.69 Å². The highest BCUT2D eigenvalue weighted by Crippen LogP contribution is 2.37. The van der Waals surface area contributed by atoms with E-state index in [1.807, 2.05) is 20.8 Å². The van der Waals surface area contributed by atoms with E-state index in [9.17, 15) is 9.59 Å². The molecule has 2 saturated heterocycles. The molecule has 1 amide bonds. The minimum absolute atomic E-state index is 0.191. The summed E-state index contributed by atoms with van der Waals surface area (Å²) in [4.78, 5) is 28.8. The zero-order valence-electron chi connectivity index (χ0n) is 20.0. The number of carbonyl (C=O) groups is 1. The van der Waals surface area contributed by atoms with Crippen molar-refractivity contribution in [3.05, 3.63) is 63.7 Å². The summed E-state index contributed by atoms with van der Waals surface area (Å²) in [6, 6.07) is 9.99. The summed E-state index contributed by atoms with van der Waals surface area (Å²) in [6.45, 7) is 9.20. The van der Waals surface area contributed by atoms with Crippen LogP contribution in [0.3, 0.4) is 0 Å². The molecule has 3 aliphatic heterocycles. The van der Waals surface area contributed by atoms with Crippen molar-refractivity contribution in [2.75, 3.05) is 26.2 Å². The Bertz CT molecular complexity index is 1110. The van der Waals surface area contributed by atoms with E-state index in [0.717, 1.165) is 19.5 Å². The van der Waals surface area contributed by atoms with E-state index in [1.54, 1.807) is 4.90 Å². The van der Waals surface area contributed by atoms with Crippen LogP contribution in [0.2, 0.25) is 0 Å². The lowest BCUT2D eigenvalue weighted by Crippen LogP contribution is -2.64. The molecule has 4 heterocycles. The van der Waals surface area contributed by atoms with E-state index in [-0.39, 0.29) is 23.4 Å². The van der Waals surface area contributed by atoms with Gasteiger partial charge in [0.15, 0.2) is 0 Å². The summed E-state index contributed by atoms with van der Waals surface area (Å²) in [6.07, 6.45) is 2.43. The molecule has 1 aromatic heterocycles. The second-order valence-corrected chi connectivity index (χ2v) is 10.6. The van der Waals surface area contributed by atoms with Gasteiger partial charge in [-0.15, -0.1) is 0 Å². The normalized spacial score (nSPS) is 21.7. The number of nitrogens with zero attached hydrogens (tertiary/aromatic N) is 2. The van der Waals surface area contributed by atoms with Crippen LogP contribution in [0.15, 0.2) is 45.8 Å². The number of ether oxygens (including phenoxy) is 3. The molecule has 8 nitrogen and oxygen atoms in total. The smallest absolute Gasteiger partial charge is 0.410 e. The molecule has 1 unspecified atom stereocenters. The second-order valence-electron chi connectivity index (χ2n) is 10.6. The lowest BCUT2D eigenvalue weighted by molar-refractivity contribution is -0.109. The number of rotatable bonds is 4. The van der Waals surface area contributed by atoms with Crippen LogP contribution in [0.1, 0.15) is 44.1 Å². The van der Waals surface area contributed by atoms with Crippen LogP contribution in [0.25, 0.3) is 0 Å². The maximum Gasteiger partial charge on any atom is 0.410 e. The minimum atomic E-state index is -0.527. The van der Waals surface area contributed by atoms with Crippen LogP contribution in [-0.2, 0) is 29.0 Å². The quantitative estimate of drug-likeness (QED) is 0.681. The predicted octanol–water partition coefficient (Wildman–Crippen LogP) is 3.36. The van der Waals surface area contributed by atoms with Crippen LogP contribution >= 0.6 is 0 Å². The van der Waals surface area contributed by atoms with Crippen LogP contribution < -0.4 is 10.2 Å². The maximum absolute atomic E-state index is 12.7. The van der Waals surface area contributed by atoms with Gasteiger partial charge in [0.25, 0.3) is 0 Å². The summed E-state index contributed by atoms with van der Waals surface area (Å²) in [5.74, 6) is 0.824. The van der Waals surface area contributed by atoms with Crippen molar-refractivity contribution < 1.29 is 23.4 Å². The van der Waals surface area contributed by atoms with Crippen LogP contribution in [0, 0.1) is 0 Å². The van der Waals surface area contributed by atoms with Gasteiger partial charge < -0.3 is 23.5 Å². The summed E-state index contributed by atoms with van der Waals surface area (Å²) in [7, 11) is 0. The van der Waals surface area contributed by atoms with Crippen molar-refractivity contribution in [3.63, 3.8) is 0 Å². The number of benzene rings is 1. The van der Waals surface area contributed by atoms with Crippen LogP contribution in [0.5, 0.6) is 5.75 Å². The first-order valence-electron chi connectivity index (χ1n) is 11.9. The fourth-order valence-corrected chi connectivity index (χ4v) is 4.90. The molecule has 0 N–H and O–H groups in total. The largest absolute Gasteiger partial charge is 0.481 e. The third kappa shape index (κ3) is 4.98.